The van der Waals surface area contributed by atoms with Gasteiger partial charge in [-0.05, 0) is 60.4 Å². The van der Waals surface area contributed by atoms with Crippen molar-refractivity contribution in [1.29, 1.82) is 0 Å². The number of hydrogen-bond donors (Lipinski definition) is 1. The van der Waals surface area contributed by atoms with E-state index in [-0.39, 0.29) is 16.7 Å². The van der Waals surface area contributed by atoms with Crippen LogP contribution in [-0.4, -0.2) is 36.5 Å². The smallest absolute Gasteiger partial charge is 0.337 e. The number of Topliss-reactive ketones (excluding diaryl/α,β-unsaturated/α-hetero) is 1. The maximum Gasteiger partial charge on any atom is 0.337 e. The van der Waals surface area contributed by atoms with Crippen LogP contribution in [0.4, 0.5) is 5.69 Å². The number of benzene rings is 3. The number of aliphatic hydroxyl groups is 1. The summed E-state index contributed by atoms with van der Waals surface area (Å²) in [5.74, 6) is -1.64. The standard InChI is InChI=1S/C31H31NO6/c1-6-38-24-17-14-21(18-23(24)31(2,3)4)27(33)25-26(19-10-8-7-9-11-19)32(29(35)28(25)34)22-15-12-20(13-16-22)30(36)37-5/h7-18,26,33H,6H2,1-5H3/b27-25-. The Morgan fingerprint density at radius 1 is 0.947 bits per heavy atom. The quantitative estimate of drug-likeness (QED) is 0.194. The molecule has 7 nitrogen and oxygen atoms in total. The number of carbonyl (C=O) groups is 3. The van der Waals surface area contributed by atoms with Gasteiger partial charge in [-0.2, -0.15) is 0 Å². The lowest BCUT2D eigenvalue weighted by Crippen LogP contribution is -2.29. The van der Waals surface area contributed by atoms with Gasteiger partial charge in [0.25, 0.3) is 11.7 Å². The summed E-state index contributed by atoms with van der Waals surface area (Å²) < 4.78 is 10.6. The SMILES string of the molecule is CCOc1ccc(/C(O)=C2/C(=O)C(=O)N(c3ccc(C(=O)OC)cc3)C2c2ccccc2)cc1C(C)(C)C. The van der Waals surface area contributed by atoms with Crippen LogP contribution in [0.2, 0.25) is 0 Å². The summed E-state index contributed by atoms with van der Waals surface area (Å²) in [6, 6.07) is 19.7. The molecule has 1 N–H and O–H groups in total. The van der Waals surface area contributed by atoms with E-state index in [0.717, 1.165) is 5.56 Å². The Hall–Kier alpha value is -4.39. The number of esters is 1. The van der Waals surface area contributed by atoms with Gasteiger partial charge in [0.15, 0.2) is 0 Å². The van der Waals surface area contributed by atoms with Gasteiger partial charge in [-0.15, -0.1) is 0 Å². The van der Waals surface area contributed by atoms with Gasteiger partial charge >= 0.3 is 5.97 Å². The molecule has 0 aromatic heterocycles. The fourth-order valence-corrected chi connectivity index (χ4v) is 4.63. The zero-order valence-electron chi connectivity index (χ0n) is 22.1. The third-order valence-corrected chi connectivity index (χ3v) is 6.49. The van der Waals surface area contributed by atoms with Crippen molar-refractivity contribution >= 4 is 29.1 Å². The van der Waals surface area contributed by atoms with E-state index in [9.17, 15) is 19.5 Å². The molecule has 1 saturated heterocycles. The number of ketones is 1. The number of aliphatic hydroxyl groups excluding tert-OH is 1. The maximum absolute atomic E-state index is 13.5. The van der Waals surface area contributed by atoms with Gasteiger partial charge in [0, 0.05) is 16.8 Å². The summed E-state index contributed by atoms with van der Waals surface area (Å²) in [4.78, 5) is 40.1. The molecule has 0 aliphatic carbocycles. The van der Waals surface area contributed by atoms with Crippen LogP contribution < -0.4 is 9.64 Å². The first-order chi connectivity index (χ1) is 18.1. The molecule has 0 spiro atoms. The zero-order chi connectivity index (χ0) is 27.6. The number of nitrogens with zero attached hydrogens (tertiary/aromatic N) is 1. The predicted octanol–water partition coefficient (Wildman–Crippen LogP) is 5.80. The van der Waals surface area contributed by atoms with E-state index < -0.39 is 23.7 Å². The molecule has 1 fully saturated rings. The van der Waals surface area contributed by atoms with Crippen LogP contribution in [0.5, 0.6) is 5.75 Å². The monoisotopic (exact) mass is 513 g/mol. The number of rotatable bonds is 6. The third kappa shape index (κ3) is 4.92. The first-order valence-corrected chi connectivity index (χ1v) is 12.4. The highest BCUT2D eigenvalue weighted by Crippen LogP contribution is 2.43. The third-order valence-electron chi connectivity index (χ3n) is 6.49. The van der Waals surface area contributed by atoms with E-state index in [2.05, 4.69) is 0 Å². The van der Waals surface area contributed by atoms with Crippen molar-refractivity contribution < 1.29 is 29.0 Å². The molecule has 1 heterocycles. The molecule has 1 aliphatic rings. The first-order valence-electron chi connectivity index (χ1n) is 12.4. The van der Waals surface area contributed by atoms with Gasteiger partial charge < -0.3 is 14.6 Å². The number of carbonyl (C=O) groups excluding carboxylic acids is 3. The topological polar surface area (TPSA) is 93.1 Å². The van der Waals surface area contributed by atoms with Crippen molar-refractivity contribution in [2.45, 2.75) is 39.2 Å². The largest absolute Gasteiger partial charge is 0.507 e. The van der Waals surface area contributed by atoms with E-state index >= 15 is 0 Å². The summed E-state index contributed by atoms with van der Waals surface area (Å²) in [7, 11) is 1.29. The number of hydrogen-bond acceptors (Lipinski definition) is 6. The molecule has 1 atom stereocenters. The Labute approximate surface area is 222 Å². The van der Waals surface area contributed by atoms with Crippen LogP contribution in [0.1, 0.15) is 60.8 Å². The molecule has 38 heavy (non-hydrogen) atoms. The highest BCUT2D eigenvalue weighted by atomic mass is 16.5. The molecule has 0 bridgehead atoms. The summed E-state index contributed by atoms with van der Waals surface area (Å²) in [6.07, 6.45) is 0. The van der Waals surface area contributed by atoms with Gasteiger partial charge in [0.1, 0.15) is 11.5 Å². The average molecular weight is 514 g/mol. The molecule has 7 heteroatoms. The predicted molar refractivity (Wildman–Crippen MR) is 145 cm³/mol. The van der Waals surface area contributed by atoms with Crippen molar-refractivity contribution in [3.05, 3.63) is 101 Å². The van der Waals surface area contributed by atoms with Gasteiger partial charge in [-0.3, -0.25) is 14.5 Å². The Kier molecular flexibility index (Phi) is 7.39. The molecule has 0 saturated carbocycles. The number of methoxy groups -OCH3 is 1. The minimum Gasteiger partial charge on any atom is -0.507 e. The summed E-state index contributed by atoms with van der Waals surface area (Å²) >= 11 is 0. The maximum atomic E-state index is 13.5. The number of amides is 1. The molecule has 196 valence electrons. The summed E-state index contributed by atoms with van der Waals surface area (Å²) in [5.41, 5.74) is 2.36. The second-order valence-corrected chi connectivity index (χ2v) is 10.0. The highest BCUT2D eigenvalue weighted by Gasteiger charge is 2.47. The molecular formula is C31H31NO6. The first kappa shape index (κ1) is 26.7. The van der Waals surface area contributed by atoms with Gasteiger partial charge in [-0.25, -0.2) is 4.79 Å². The lowest BCUT2D eigenvalue weighted by molar-refractivity contribution is -0.132. The fourth-order valence-electron chi connectivity index (χ4n) is 4.63. The second-order valence-electron chi connectivity index (χ2n) is 10.0. The molecule has 1 aliphatic heterocycles. The zero-order valence-corrected chi connectivity index (χ0v) is 22.1. The lowest BCUT2D eigenvalue weighted by atomic mass is 9.84. The van der Waals surface area contributed by atoms with E-state index in [1.54, 1.807) is 42.5 Å². The Bertz CT molecular complexity index is 1400. The Balaban J connectivity index is 1.90. The number of anilines is 1. The average Bonchev–Trinajstić information content (AvgIpc) is 3.18. The van der Waals surface area contributed by atoms with E-state index in [4.69, 9.17) is 9.47 Å². The minimum atomic E-state index is -0.871. The van der Waals surface area contributed by atoms with E-state index in [1.165, 1.54) is 24.1 Å². The van der Waals surface area contributed by atoms with E-state index in [1.807, 2.05) is 45.9 Å². The Morgan fingerprint density at radius 2 is 1.58 bits per heavy atom. The summed E-state index contributed by atoms with van der Waals surface area (Å²) in [5, 5.41) is 11.5. The van der Waals surface area contributed by atoms with Gasteiger partial charge in [0.2, 0.25) is 0 Å². The molecule has 4 rings (SSSR count). The highest BCUT2D eigenvalue weighted by molar-refractivity contribution is 6.51. The van der Waals surface area contributed by atoms with Gasteiger partial charge in [-0.1, -0.05) is 51.1 Å². The van der Waals surface area contributed by atoms with Crippen LogP contribution in [0.3, 0.4) is 0 Å². The minimum absolute atomic E-state index is 0.0118. The van der Waals surface area contributed by atoms with Crippen molar-refractivity contribution in [2.24, 2.45) is 0 Å². The van der Waals surface area contributed by atoms with Crippen molar-refractivity contribution in [2.75, 3.05) is 18.6 Å². The van der Waals surface area contributed by atoms with Crippen LogP contribution in [-0.2, 0) is 19.7 Å². The van der Waals surface area contributed by atoms with Crippen LogP contribution in [0.25, 0.3) is 5.76 Å². The van der Waals surface area contributed by atoms with Crippen LogP contribution in [0, 0.1) is 0 Å². The molecule has 1 amide bonds. The van der Waals surface area contributed by atoms with Crippen molar-refractivity contribution in [3.8, 4) is 5.75 Å². The molecule has 3 aromatic carbocycles. The molecular weight excluding hydrogens is 482 g/mol. The molecule has 3 aromatic rings. The normalized spacial score (nSPS) is 17.0. The van der Waals surface area contributed by atoms with Gasteiger partial charge in [0.05, 0.1) is 30.9 Å². The van der Waals surface area contributed by atoms with Crippen LogP contribution >= 0.6 is 0 Å². The molecule has 1 unspecified atom stereocenters. The fraction of sp³-hybridized carbons (Fsp3) is 0.258. The number of ether oxygens (including phenoxy) is 2. The summed E-state index contributed by atoms with van der Waals surface area (Å²) in [6.45, 7) is 8.50. The van der Waals surface area contributed by atoms with Crippen molar-refractivity contribution in [1.82, 2.24) is 0 Å². The van der Waals surface area contributed by atoms with E-state index in [0.29, 0.717) is 34.7 Å². The van der Waals surface area contributed by atoms with Crippen molar-refractivity contribution in [3.63, 3.8) is 0 Å². The molecule has 0 radical (unpaired) electrons. The lowest BCUT2D eigenvalue weighted by Gasteiger charge is -2.26. The van der Waals surface area contributed by atoms with Crippen LogP contribution in [0.15, 0.2) is 78.4 Å². The second kappa shape index (κ2) is 10.5. The Morgan fingerprint density at radius 3 is 2.16 bits per heavy atom.